The van der Waals surface area contributed by atoms with Gasteiger partial charge in [0.25, 0.3) is 0 Å². The minimum atomic E-state index is -3.79. The molecule has 3 aromatic carbocycles. The topological polar surface area (TPSA) is 127 Å². The van der Waals surface area contributed by atoms with Crippen molar-refractivity contribution in [3.8, 4) is 0 Å². The van der Waals surface area contributed by atoms with Crippen molar-refractivity contribution in [2.45, 2.75) is 48.7 Å². The van der Waals surface area contributed by atoms with E-state index in [-0.39, 0.29) is 28.4 Å². The minimum Gasteiger partial charge on any atom is -0.444 e. The van der Waals surface area contributed by atoms with E-state index in [1.165, 1.54) is 41.3 Å². The van der Waals surface area contributed by atoms with E-state index in [9.17, 15) is 23.1 Å². The van der Waals surface area contributed by atoms with Crippen molar-refractivity contribution in [1.29, 1.82) is 0 Å². The van der Waals surface area contributed by atoms with Crippen molar-refractivity contribution in [2.75, 3.05) is 13.1 Å². The molecule has 10 heteroatoms. The molecule has 0 heterocycles. The fourth-order valence-electron chi connectivity index (χ4n) is 3.65. The van der Waals surface area contributed by atoms with Gasteiger partial charge in [-0.3, -0.25) is 4.79 Å². The maximum absolute atomic E-state index is 13.0. The molecule has 0 radical (unpaired) electrons. The molecule has 0 aliphatic rings. The molecular weight excluding hydrogens is 528 g/mol. The second kappa shape index (κ2) is 12.0. The highest BCUT2D eigenvalue weighted by atomic mass is 35.5. The number of hydrogen-bond acceptors (Lipinski definition) is 6. The number of nitrogens with zero attached hydrogens (tertiary/aromatic N) is 1. The molecule has 3 aromatic rings. The number of hydrogen-bond donors (Lipinski definition) is 2. The second-order valence-corrected chi connectivity index (χ2v) is 12.2. The number of benzene rings is 3. The van der Waals surface area contributed by atoms with Crippen LogP contribution in [0, 0.1) is 0 Å². The smallest absolute Gasteiger partial charge is 0.410 e. The highest BCUT2D eigenvalue weighted by Crippen LogP contribution is 2.23. The number of sulfone groups is 1. The fourth-order valence-corrected chi connectivity index (χ4v) is 5.11. The first kappa shape index (κ1) is 29.2. The minimum absolute atomic E-state index is 0.0109. The number of primary amides is 1. The lowest BCUT2D eigenvalue weighted by Gasteiger charge is -2.29. The molecule has 0 saturated carbocycles. The number of ether oxygens (including phenoxy) is 1. The zero-order valence-corrected chi connectivity index (χ0v) is 23.0. The van der Waals surface area contributed by atoms with Gasteiger partial charge in [-0.25, -0.2) is 13.2 Å². The third-order valence-electron chi connectivity index (χ3n) is 5.63. The molecule has 0 fully saturated rings. The van der Waals surface area contributed by atoms with Crippen LogP contribution in [0.3, 0.4) is 0 Å². The van der Waals surface area contributed by atoms with Crippen molar-refractivity contribution >= 4 is 33.4 Å². The van der Waals surface area contributed by atoms with E-state index >= 15 is 0 Å². The third kappa shape index (κ3) is 7.80. The molecule has 0 spiro atoms. The van der Waals surface area contributed by atoms with Crippen LogP contribution >= 0.6 is 11.6 Å². The van der Waals surface area contributed by atoms with Crippen molar-refractivity contribution in [3.05, 3.63) is 94.5 Å². The summed E-state index contributed by atoms with van der Waals surface area (Å²) in [4.78, 5) is 25.7. The summed E-state index contributed by atoms with van der Waals surface area (Å²) in [7, 11) is -3.79. The van der Waals surface area contributed by atoms with Gasteiger partial charge in [0.05, 0.1) is 22.4 Å². The van der Waals surface area contributed by atoms with Crippen LogP contribution in [0.4, 0.5) is 4.79 Å². The van der Waals surface area contributed by atoms with Crippen LogP contribution < -0.4 is 5.73 Å². The van der Waals surface area contributed by atoms with Crippen LogP contribution in [0.25, 0.3) is 0 Å². The molecule has 3 rings (SSSR count). The molecule has 2 amide bonds. The van der Waals surface area contributed by atoms with Crippen LogP contribution in [-0.2, 0) is 21.0 Å². The van der Waals surface area contributed by atoms with E-state index in [4.69, 9.17) is 22.1 Å². The zero-order valence-electron chi connectivity index (χ0n) is 21.4. The molecule has 38 heavy (non-hydrogen) atoms. The molecule has 3 N–H and O–H groups in total. The SMILES string of the molecule is CC(C)(C)OC(=O)N(CCc1ccc(S(=O)(=O)c2ccc(C(N)=O)cc2)cc1)C[C@H](O)c1cccc(Cl)c1. The van der Waals surface area contributed by atoms with Crippen molar-refractivity contribution in [3.63, 3.8) is 0 Å². The number of amides is 2. The molecule has 202 valence electrons. The summed E-state index contributed by atoms with van der Waals surface area (Å²) in [6, 6.07) is 18.5. The van der Waals surface area contributed by atoms with Gasteiger partial charge in [0, 0.05) is 17.1 Å². The van der Waals surface area contributed by atoms with E-state index in [2.05, 4.69) is 0 Å². The summed E-state index contributed by atoms with van der Waals surface area (Å²) in [5.41, 5.74) is 6.08. The number of carbonyl (C=O) groups is 2. The Hall–Kier alpha value is -3.40. The second-order valence-electron chi connectivity index (χ2n) is 9.78. The van der Waals surface area contributed by atoms with Gasteiger partial charge in [0.1, 0.15) is 5.60 Å². The van der Waals surface area contributed by atoms with E-state index in [0.717, 1.165) is 5.56 Å². The summed E-state index contributed by atoms with van der Waals surface area (Å²) >= 11 is 6.04. The molecule has 0 aromatic heterocycles. The highest BCUT2D eigenvalue weighted by Gasteiger charge is 2.25. The number of rotatable bonds is 9. The Morgan fingerprint density at radius 1 is 1.00 bits per heavy atom. The highest BCUT2D eigenvalue weighted by molar-refractivity contribution is 7.91. The first-order chi connectivity index (χ1) is 17.8. The molecule has 1 atom stereocenters. The van der Waals surface area contributed by atoms with Crippen molar-refractivity contribution in [1.82, 2.24) is 4.90 Å². The number of nitrogens with two attached hydrogens (primary N) is 1. The largest absolute Gasteiger partial charge is 0.444 e. The van der Waals surface area contributed by atoms with Gasteiger partial charge in [-0.15, -0.1) is 0 Å². The lowest BCUT2D eigenvalue weighted by molar-refractivity contribution is 0.0147. The standard InChI is InChI=1S/C28H31ClN2O6S/c1-28(2,3)37-27(34)31(18-25(32)21-5-4-6-22(29)17-21)16-15-19-7-11-23(12-8-19)38(35,36)24-13-9-20(10-14-24)26(30)33/h4-14,17,25,32H,15-16,18H2,1-3H3,(H2,30,33)/t25-/m0/s1. The zero-order chi connectivity index (χ0) is 28.1. The predicted molar refractivity (Wildman–Crippen MR) is 145 cm³/mol. The van der Waals surface area contributed by atoms with Crippen molar-refractivity contribution < 1.29 is 27.9 Å². The maximum atomic E-state index is 13.0. The van der Waals surface area contributed by atoms with Gasteiger partial charge < -0.3 is 20.5 Å². The Kier molecular flexibility index (Phi) is 9.19. The van der Waals surface area contributed by atoms with E-state index in [1.807, 2.05) is 0 Å². The van der Waals surface area contributed by atoms with Crippen LogP contribution in [0.5, 0.6) is 0 Å². The first-order valence-corrected chi connectivity index (χ1v) is 13.8. The number of carbonyl (C=O) groups excluding carboxylic acids is 2. The van der Waals surface area contributed by atoms with Crippen LogP contribution in [0.1, 0.15) is 48.4 Å². The van der Waals surface area contributed by atoms with Gasteiger partial charge in [-0.1, -0.05) is 35.9 Å². The van der Waals surface area contributed by atoms with Gasteiger partial charge in [0.15, 0.2) is 0 Å². The summed E-state index contributed by atoms with van der Waals surface area (Å²) in [5, 5.41) is 11.2. The lowest BCUT2D eigenvalue weighted by atomic mass is 10.1. The molecular formula is C28H31ClN2O6S. The Morgan fingerprint density at radius 2 is 1.58 bits per heavy atom. The summed E-state index contributed by atoms with van der Waals surface area (Å²) < 4.78 is 31.5. The van der Waals surface area contributed by atoms with E-state index < -0.39 is 33.5 Å². The van der Waals surface area contributed by atoms with E-state index in [0.29, 0.717) is 17.0 Å². The van der Waals surface area contributed by atoms with Gasteiger partial charge in [-0.05, 0) is 86.8 Å². The van der Waals surface area contributed by atoms with E-state index in [1.54, 1.807) is 57.2 Å². The predicted octanol–water partition coefficient (Wildman–Crippen LogP) is 4.78. The Labute approximate surface area is 227 Å². The summed E-state index contributed by atoms with van der Waals surface area (Å²) in [5.74, 6) is -0.640. The monoisotopic (exact) mass is 558 g/mol. The molecule has 0 aliphatic carbocycles. The van der Waals surface area contributed by atoms with Crippen molar-refractivity contribution in [2.24, 2.45) is 5.73 Å². The fraction of sp³-hybridized carbons (Fsp3) is 0.286. The number of aliphatic hydroxyl groups is 1. The summed E-state index contributed by atoms with van der Waals surface area (Å²) in [6.45, 7) is 5.50. The number of aliphatic hydroxyl groups excluding tert-OH is 1. The third-order valence-corrected chi connectivity index (χ3v) is 7.65. The molecule has 0 saturated heterocycles. The Morgan fingerprint density at radius 3 is 2.11 bits per heavy atom. The summed E-state index contributed by atoms with van der Waals surface area (Å²) in [6.07, 6.45) is -1.15. The normalized spacial score (nSPS) is 12.6. The molecule has 0 aliphatic heterocycles. The average molecular weight is 559 g/mol. The van der Waals surface area contributed by atoms with Gasteiger partial charge in [0.2, 0.25) is 15.7 Å². The van der Waals surface area contributed by atoms with Gasteiger partial charge in [-0.2, -0.15) is 0 Å². The van der Waals surface area contributed by atoms with Crippen LogP contribution in [-0.4, -0.2) is 49.1 Å². The van der Waals surface area contributed by atoms with Crippen LogP contribution in [0.15, 0.2) is 82.6 Å². The Bertz CT molecular complexity index is 1380. The number of halogens is 1. The quantitative estimate of drug-likeness (QED) is 0.389. The average Bonchev–Trinajstić information content (AvgIpc) is 2.85. The van der Waals surface area contributed by atoms with Gasteiger partial charge >= 0.3 is 6.09 Å². The van der Waals surface area contributed by atoms with Crippen LogP contribution in [0.2, 0.25) is 5.02 Å². The Balaban J connectivity index is 1.74. The molecule has 8 nitrogen and oxygen atoms in total. The first-order valence-electron chi connectivity index (χ1n) is 11.9. The maximum Gasteiger partial charge on any atom is 0.410 e. The molecule has 0 unspecified atom stereocenters. The molecule has 0 bridgehead atoms. The lowest BCUT2D eigenvalue weighted by Crippen LogP contribution is -2.40.